The van der Waals surface area contributed by atoms with Crippen molar-refractivity contribution in [3.63, 3.8) is 0 Å². The van der Waals surface area contributed by atoms with E-state index >= 15 is 0 Å². The van der Waals surface area contributed by atoms with E-state index in [0.717, 1.165) is 36.1 Å². The largest absolute Gasteiger partial charge is 0.349 e. The van der Waals surface area contributed by atoms with Gasteiger partial charge in [0.05, 0.1) is 12.3 Å². The Hall–Kier alpha value is -2.73. The summed E-state index contributed by atoms with van der Waals surface area (Å²) >= 11 is 1.29. The Morgan fingerprint density at radius 2 is 1.82 bits per heavy atom. The number of rotatable bonds is 6. The molecule has 0 saturated heterocycles. The molecule has 1 heterocycles. The minimum Gasteiger partial charge on any atom is -0.293 e. The van der Waals surface area contributed by atoms with Gasteiger partial charge in [-0.3, -0.25) is 9.36 Å². The van der Waals surface area contributed by atoms with Crippen LogP contribution >= 0.6 is 11.8 Å². The van der Waals surface area contributed by atoms with E-state index in [1.165, 1.54) is 36.0 Å². The molecule has 0 unspecified atom stereocenters. The quantitative estimate of drug-likeness (QED) is 0.362. The Morgan fingerprint density at radius 3 is 2.57 bits per heavy atom. The van der Waals surface area contributed by atoms with E-state index in [1.54, 1.807) is 4.57 Å². The van der Waals surface area contributed by atoms with Gasteiger partial charge in [0.1, 0.15) is 10.8 Å². The van der Waals surface area contributed by atoms with Gasteiger partial charge in [-0.2, -0.15) is 4.98 Å². The number of thioether (sulfide) groups is 1. The zero-order chi connectivity index (χ0) is 19.5. The molecule has 28 heavy (non-hydrogen) atoms. The van der Waals surface area contributed by atoms with Crippen LogP contribution in [0.1, 0.15) is 33.6 Å². The number of nitrogens with zero attached hydrogens (tertiary/aromatic N) is 2. The summed E-state index contributed by atoms with van der Waals surface area (Å²) in [6, 6.07) is 15.4. The molecule has 142 valence electrons. The monoisotopic (exact) mass is 394 g/mol. The van der Waals surface area contributed by atoms with E-state index in [4.69, 9.17) is 0 Å². The number of ketones is 1. The topological polar surface area (TPSA) is 52.0 Å². The summed E-state index contributed by atoms with van der Waals surface area (Å²) in [5, 5.41) is 0.650. The molecule has 4 rings (SSSR count). The van der Waals surface area contributed by atoms with Gasteiger partial charge in [0.2, 0.25) is 0 Å². The first-order chi connectivity index (χ1) is 13.6. The maximum atomic E-state index is 13.0. The second kappa shape index (κ2) is 8.10. The molecule has 0 atom stereocenters. The van der Waals surface area contributed by atoms with E-state index in [1.807, 2.05) is 30.3 Å². The van der Waals surface area contributed by atoms with Crippen molar-refractivity contribution in [2.24, 2.45) is 0 Å². The Labute approximate surface area is 166 Å². The van der Waals surface area contributed by atoms with E-state index in [2.05, 4.69) is 4.98 Å². The lowest BCUT2D eigenvalue weighted by Crippen LogP contribution is -2.27. The summed E-state index contributed by atoms with van der Waals surface area (Å²) in [5.41, 5.74) is 3.35. The van der Waals surface area contributed by atoms with E-state index in [0.29, 0.717) is 17.1 Å². The summed E-state index contributed by atoms with van der Waals surface area (Å²) in [4.78, 5) is 29.3. The van der Waals surface area contributed by atoms with Gasteiger partial charge in [-0.05, 0) is 49.1 Å². The van der Waals surface area contributed by atoms with Crippen molar-refractivity contribution in [1.82, 2.24) is 9.55 Å². The molecular formula is C22H19FN2O2S. The lowest BCUT2D eigenvalue weighted by Gasteiger charge is -2.14. The highest BCUT2D eigenvalue weighted by Gasteiger charge is 2.22. The van der Waals surface area contributed by atoms with Crippen molar-refractivity contribution in [3.8, 4) is 0 Å². The van der Waals surface area contributed by atoms with Gasteiger partial charge in [-0.25, -0.2) is 9.18 Å². The molecule has 0 radical (unpaired) electrons. The van der Waals surface area contributed by atoms with Crippen molar-refractivity contribution in [1.29, 1.82) is 0 Å². The third kappa shape index (κ3) is 3.92. The summed E-state index contributed by atoms with van der Waals surface area (Å²) in [7, 11) is 0. The van der Waals surface area contributed by atoms with Crippen LogP contribution in [0.2, 0.25) is 0 Å². The zero-order valence-electron chi connectivity index (χ0n) is 15.2. The van der Waals surface area contributed by atoms with Crippen LogP contribution in [0.25, 0.3) is 0 Å². The number of aromatic nitrogens is 2. The van der Waals surface area contributed by atoms with Gasteiger partial charge < -0.3 is 0 Å². The van der Waals surface area contributed by atoms with E-state index < -0.39 is 0 Å². The van der Waals surface area contributed by atoms with Crippen LogP contribution in [0.5, 0.6) is 0 Å². The van der Waals surface area contributed by atoms with Crippen LogP contribution in [-0.2, 0) is 19.4 Å². The second-order valence-corrected chi connectivity index (χ2v) is 7.73. The molecule has 1 aliphatic rings. The molecule has 2 aromatic carbocycles. The minimum atomic E-state index is -0.370. The molecule has 0 fully saturated rings. The average Bonchev–Trinajstić information content (AvgIpc) is 3.20. The van der Waals surface area contributed by atoms with E-state index in [9.17, 15) is 14.0 Å². The van der Waals surface area contributed by atoms with Crippen LogP contribution in [0.4, 0.5) is 4.39 Å². The van der Waals surface area contributed by atoms with Crippen LogP contribution < -0.4 is 5.69 Å². The Bertz CT molecular complexity index is 1060. The van der Waals surface area contributed by atoms with Gasteiger partial charge in [0, 0.05) is 16.8 Å². The molecular weight excluding hydrogens is 375 g/mol. The lowest BCUT2D eigenvalue weighted by atomic mass is 10.1. The highest BCUT2D eigenvalue weighted by molar-refractivity contribution is 8.00. The number of hydrogen-bond donors (Lipinski definition) is 0. The minimum absolute atomic E-state index is 0.105. The highest BCUT2D eigenvalue weighted by atomic mass is 32.2. The maximum Gasteiger partial charge on any atom is 0.349 e. The van der Waals surface area contributed by atoms with Crippen molar-refractivity contribution in [2.75, 3.05) is 5.75 Å². The van der Waals surface area contributed by atoms with Gasteiger partial charge in [-0.15, -0.1) is 0 Å². The summed E-state index contributed by atoms with van der Waals surface area (Å²) in [6.07, 6.45) is 2.69. The van der Waals surface area contributed by atoms with Crippen LogP contribution in [0, 0.1) is 5.82 Å². The average molecular weight is 394 g/mol. The van der Waals surface area contributed by atoms with Crippen LogP contribution in [-0.4, -0.2) is 21.1 Å². The molecule has 3 aromatic rings. The predicted molar refractivity (Wildman–Crippen MR) is 108 cm³/mol. The third-order valence-electron chi connectivity index (χ3n) is 4.89. The number of Topliss-reactive ketones (excluding diaryl/α,β-unsaturated/α-hetero) is 1. The molecule has 4 nitrogen and oxygen atoms in total. The molecule has 6 heteroatoms. The molecule has 0 bridgehead atoms. The molecule has 0 aliphatic heterocycles. The second-order valence-electron chi connectivity index (χ2n) is 6.77. The standard InChI is InChI=1S/C22H19FN2O2S/c23-17-11-9-16(10-12-17)20(26)14-28-21-18-7-4-8-19(18)25(22(27)24-21)13-15-5-2-1-3-6-15/h1-3,5-6,9-12H,4,7-8,13-14H2. The summed E-state index contributed by atoms with van der Waals surface area (Å²) < 4.78 is 14.8. The predicted octanol–water partition coefficient (Wildman–Crippen LogP) is 3.89. The van der Waals surface area contributed by atoms with Crippen molar-refractivity contribution >= 4 is 17.5 Å². The normalized spacial score (nSPS) is 12.8. The first kappa shape index (κ1) is 18.6. The molecule has 1 aromatic heterocycles. The zero-order valence-corrected chi connectivity index (χ0v) is 16.0. The first-order valence-electron chi connectivity index (χ1n) is 9.20. The maximum absolute atomic E-state index is 13.0. The number of fused-ring (bicyclic) bond motifs is 1. The number of hydrogen-bond acceptors (Lipinski definition) is 4. The highest BCUT2D eigenvalue weighted by Crippen LogP contribution is 2.30. The number of benzene rings is 2. The first-order valence-corrected chi connectivity index (χ1v) is 10.2. The van der Waals surface area contributed by atoms with Gasteiger partial charge in [-0.1, -0.05) is 42.1 Å². The SMILES string of the molecule is O=C(CSc1nc(=O)n(Cc2ccccc2)c2c1CCC2)c1ccc(F)cc1. The fourth-order valence-corrected chi connectivity index (χ4v) is 4.46. The summed E-state index contributed by atoms with van der Waals surface area (Å²) in [5.74, 6) is -0.301. The molecule has 1 aliphatic carbocycles. The van der Waals surface area contributed by atoms with Gasteiger partial charge >= 0.3 is 5.69 Å². The number of halogens is 1. The Kier molecular flexibility index (Phi) is 5.39. The van der Waals surface area contributed by atoms with Crippen LogP contribution in [0.15, 0.2) is 64.4 Å². The Morgan fingerprint density at radius 1 is 1.07 bits per heavy atom. The molecule has 0 N–H and O–H groups in total. The van der Waals surface area contributed by atoms with Gasteiger partial charge in [0.25, 0.3) is 0 Å². The van der Waals surface area contributed by atoms with E-state index in [-0.39, 0.29) is 23.0 Å². The fraction of sp³-hybridized carbons (Fsp3) is 0.227. The molecule has 0 amide bonds. The van der Waals surface area contributed by atoms with Gasteiger partial charge in [0.15, 0.2) is 5.78 Å². The van der Waals surface area contributed by atoms with Crippen LogP contribution in [0.3, 0.4) is 0 Å². The number of carbonyl (C=O) groups is 1. The van der Waals surface area contributed by atoms with Crippen molar-refractivity contribution in [2.45, 2.75) is 30.8 Å². The third-order valence-corrected chi connectivity index (χ3v) is 5.91. The fourth-order valence-electron chi connectivity index (χ4n) is 3.49. The molecule has 0 saturated carbocycles. The molecule has 0 spiro atoms. The lowest BCUT2D eigenvalue weighted by molar-refractivity contribution is 0.102. The van der Waals surface area contributed by atoms with Crippen molar-refractivity contribution < 1.29 is 9.18 Å². The summed E-state index contributed by atoms with van der Waals surface area (Å²) in [6.45, 7) is 0.508. The van der Waals surface area contributed by atoms with Crippen molar-refractivity contribution in [3.05, 3.63) is 93.3 Å². The smallest absolute Gasteiger partial charge is 0.293 e. The number of carbonyl (C=O) groups excluding carboxylic acids is 1. The Balaban J connectivity index is 1.56.